The molecule has 7 nitrogen and oxygen atoms in total. The fraction of sp³-hybridized carbons (Fsp3) is 0.200. The molecule has 2 aromatic carbocycles. The monoisotopic (exact) mass is 368 g/mol. The molecule has 0 spiro atoms. The second-order valence-electron chi connectivity index (χ2n) is 6.24. The summed E-state index contributed by atoms with van der Waals surface area (Å²) in [6, 6.07) is 10.6. The maximum absolute atomic E-state index is 10.8. The summed E-state index contributed by atoms with van der Waals surface area (Å²) < 4.78 is 27.1. The Labute approximate surface area is 154 Å². The van der Waals surface area contributed by atoms with Gasteiger partial charge in [0.2, 0.25) is 13.6 Å². The van der Waals surface area contributed by atoms with Crippen LogP contribution in [0.2, 0.25) is 0 Å². The molecule has 0 radical (unpaired) electrons. The van der Waals surface area contributed by atoms with Crippen LogP contribution in [-0.2, 0) is 6.61 Å². The molecular weight excluding hydrogens is 352 g/mol. The highest BCUT2D eigenvalue weighted by atomic mass is 16.7. The predicted octanol–water partition coefficient (Wildman–Crippen LogP) is 2.98. The summed E-state index contributed by atoms with van der Waals surface area (Å²) >= 11 is 0. The van der Waals surface area contributed by atoms with E-state index in [0.29, 0.717) is 45.4 Å². The van der Waals surface area contributed by atoms with Gasteiger partial charge in [0.1, 0.15) is 11.9 Å². The fourth-order valence-electron chi connectivity index (χ4n) is 3.33. The first-order valence-corrected chi connectivity index (χ1v) is 8.43. The molecule has 3 heterocycles. The molecule has 1 unspecified atom stereocenters. The van der Waals surface area contributed by atoms with Crippen LogP contribution in [0.15, 0.2) is 47.1 Å². The second kappa shape index (κ2) is 6.22. The molecule has 5 rings (SSSR count). The molecule has 0 saturated heterocycles. The highest BCUT2D eigenvalue weighted by molar-refractivity contribution is 5.67. The minimum absolute atomic E-state index is 0.163. The van der Waals surface area contributed by atoms with Crippen LogP contribution in [0.3, 0.4) is 0 Å². The number of furan rings is 1. The quantitative estimate of drug-likeness (QED) is 0.732. The maximum atomic E-state index is 10.8. The Bertz CT molecular complexity index is 1010. The molecule has 2 aliphatic heterocycles. The summed E-state index contributed by atoms with van der Waals surface area (Å²) in [7, 11) is 0. The van der Waals surface area contributed by atoms with E-state index < -0.39 is 6.10 Å². The van der Waals surface area contributed by atoms with Crippen LogP contribution in [0.1, 0.15) is 22.8 Å². The van der Waals surface area contributed by atoms with Crippen LogP contribution >= 0.6 is 0 Å². The Morgan fingerprint density at radius 2 is 1.52 bits per heavy atom. The van der Waals surface area contributed by atoms with E-state index in [1.807, 2.05) is 6.07 Å². The zero-order valence-electron chi connectivity index (χ0n) is 14.2. The summed E-state index contributed by atoms with van der Waals surface area (Å²) in [5.41, 5.74) is 2.35. The molecule has 0 aliphatic carbocycles. The minimum atomic E-state index is -0.979. The molecule has 3 aromatic rings. The number of benzene rings is 2. The van der Waals surface area contributed by atoms with Gasteiger partial charge >= 0.3 is 0 Å². The average Bonchev–Trinajstić information content (AvgIpc) is 3.44. The molecule has 2 aliphatic rings. The Morgan fingerprint density at radius 1 is 0.852 bits per heavy atom. The molecule has 7 heteroatoms. The Morgan fingerprint density at radius 3 is 2.26 bits per heavy atom. The van der Waals surface area contributed by atoms with Gasteiger partial charge in [0, 0.05) is 16.7 Å². The van der Waals surface area contributed by atoms with Gasteiger partial charge < -0.3 is 33.6 Å². The van der Waals surface area contributed by atoms with Crippen LogP contribution in [0, 0.1) is 0 Å². The van der Waals surface area contributed by atoms with Crippen molar-refractivity contribution in [2.24, 2.45) is 0 Å². The van der Waals surface area contributed by atoms with Crippen LogP contribution in [0.5, 0.6) is 23.0 Å². The van der Waals surface area contributed by atoms with E-state index in [1.54, 1.807) is 30.3 Å². The zero-order valence-corrected chi connectivity index (χ0v) is 14.2. The average molecular weight is 368 g/mol. The SMILES string of the molecule is OCc1c(C(O)c2ccc3c(c2)OCO3)coc1-c1ccc2c(c1)OCO2. The number of aliphatic hydroxyl groups excluding tert-OH is 2. The van der Waals surface area contributed by atoms with Crippen LogP contribution in [0.4, 0.5) is 0 Å². The lowest BCUT2D eigenvalue weighted by molar-refractivity contribution is 0.173. The molecule has 0 fully saturated rings. The van der Waals surface area contributed by atoms with Gasteiger partial charge in [0.05, 0.1) is 12.9 Å². The Kier molecular flexibility index (Phi) is 3.70. The van der Waals surface area contributed by atoms with Crippen molar-refractivity contribution in [2.45, 2.75) is 12.7 Å². The van der Waals surface area contributed by atoms with Gasteiger partial charge in [-0.3, -0.25) is 0 Å². The first-order chi connectivity index (χ1) is 13.2. The minimum Gasteiger partial charge on any atom is -0.464 e. The number of hydrogen-bond acceptors (Lipinski definition) is 7. The fourth-order valence-corrected chi connectivity index (χ4v) is 3.33. The molecule has 0 amide bonds. The topological polar surface area (TPSA) is 90.5 Å². The van der Waals surface area contributed by atoms with Crippen molar-refractivity contribution >= 4 is 0 Å². The van der Waals surface area contributed by atoms with E-state index in [-0.39, 0.29) is 20.2 Å². The van der Waals surface area contributed by atoms with Crippen LogP contribution in [0.25, 0.3) is 11.3 Å². The van der Waals surface area contributed by atoms with Gasteiger partial charge in [0.15, 0.2) is 23.0 Å². The lowest BCUT2D eigenvalue weighted by atomic mass is 9.97. The second-order valence-corrected chi connectivity index (χ2v) is 6.24. The Hall–Kier alpha value is -3.16. The highest BCUT2D eigenvalue weighted by Gasteiger charge is 2.25. The first-order valence-electron chi connectivity index (χ1n) is 8.43. The summed E-state index contributed by atoms with van der Waals surface area (Å²) in [4.78, 5) is 0. The van der Waals surface area contributed by atoms with Gasteiger partial charge in [-0.05, 0) is 35.9 Å². The Balaban J connectivity index is 1.52. The van der Waals surface area contributed by atoms with Gasteiger partial charge in [-0.15, -0.1) is 0 Å². The summed E-state index contributed by atoms with van der Waals surface area (Å²) in [6.07, 6.45) is 0.480. The van der Waals surface area contributed by atoms with Crippen molar-refractivity contribution in [3.05, 3.63) is 59.4 Å². The molecule has 0 saturated carbocycles. The summed E-state index contributed by atoms with van der Waals surface area (Å²) in [5, 5.41) is 20.8. The van der Waals surface area contributed by atoms with Crippen molar-refractivity contribution in [2.75, 3.05) is 13.6 Å². The number of ether oxygens (including phenoxy) is 4. The lowest BCUT2D eigenvalue weighted by Gasteiger charge is -2.12. The van der Waals surface area contributed by atoms with Crippen molar-refractivity contribution in [1.29, 1.82) is 0 Å². The molecule has 2 N–H and O–H groups in total. The predicted molar refractivity (Wildman–Crippen MR) is 92.8 cm³/mol. The third kappa shape index (κ3) is 2.59. The van der Waals surface area contributed by atoms with Crippen LogP contribution in [-0.4, -0.2) is 23.8 Å². The number of hydrogen-bond donors (Lipinski definition) is 2. The van der Waals surface area contributed by atoms with Crippen molar-refractivity contribution in [3.8, 4) is 34.3 Å². The highest BCUT2D eigenvalue weighted by Crippen LogP contribution is 2.41. The van der Waals surface area contributed by atoms with Crippen molar-refractivity contribution in [3.63, 3.8) is 0 Å². The third-order valence-electron chi connectivity index (χ3n) is 4.73. The molecule has 138 valence electrons. The van der Waals surface area contributed by atoms with Gasteiger partial charge in [-0.25, -0.2) is 0 Å². The van der Waals surface area contributed by atoms with E-state index in [4.69, 9.17) is 23.4 Å². The normalized spacial score (nSPS) is 15.2. The molecule has 1 atom stereocenters. The van der Waals surface area contributed by atoms with E-state index in [0.717, 1.165) is 5.56 Å². The van der Waals surface area contributed by atoms with E-state index in [2.05, 4.69) is 0 Å². The number of aliphatic hydroxyl groups is 2. The van der Waals surface area contributed by atoms with Gasteiger partial charge in [0.25, 0.3) is 0 Å². The maximum Gasteiger partial charge on any atom is 0.231 e. The largest absolute Gasteiger partial charge is 0.464 e. The summed E-state index contributed by atoms with van der Waals surface area (Å²) in [5.74, 6) is 2.98. The molecule has 0 bridgehead atoms. The van der Waals surface area contributed by atoms with Crippen molar-refractivity contribution < 1.29 is 33.6 Å². The number of fused-ring (bicyclic) bond motifs is 2. The van der Waals surface area contributed by atoms with Crippen LogP contribution < -0.4 is 18.9 Å². The molecular formula is C20H16O7. The van der Waals surface area contributed by atoms with E-state index in [1.165, 1.54) is 6.26 Å². The number of rotatable bonds is 4. The van der Waals surface area contributed by atoms with Crippen molar-refractivity contribution in [1.82, 2.24) is 0 Å². The summed E-state index contributed by atoms with van der Waals surface area (Å²) in [6.45, 7) is 0.0614. The first kappa shape index (κ1) is 16.0. The zero-order chi connectivity index (χ0) is 18.4. The van der Waals surface area contributed by atoms with E-state index >= 15 is 0 Å². The van der Waals surface area contributed by atoms with Gasteiger partial charge in [-0.2, -0.15) is 0 Å². The lowest BCUT2D eigenvalue weighted by Crippen LogP contribution is -2.02. The standard InChI is InChI=1S/C20H16O7/c21-7-13-14(19(22)11-1-3-15-17(5-11)26-9-24-15)8-23-20(13)12-2-4-16-18(6-12)27-10-25-16/h1-6,8,19,21-22H,7,9-10H2. The van der Waals surface area contributed by atoms with Gasteiger partial charge in [-0.1, -0.05) is 6.07 Å². The molecule has 1 aromatic heterocycles. The third-order valence-corrected chi connectivity index (χ3v) is 4.73. The smallest absolute Gasteiger partial charge is 0.231 e. The van der Waals surface area contributed by atoms with E-state index in [9.17, 15) is 10.2 Å². The molecule has 27 heavy (non-hydrogen) atoms.